The number of sulfone groups is 1. The molecule has 0 radical (unpaired) electrons. The lowest BCUT2D eigenvalue weighted by Crippen LogP contribution is -2.39. The number of carbonyl (C=O) groups is 1. The molecule has 0 unspecified atom stereocenters. The molecule has 0 bridgehead atoms. The Morgan fingerprint density at radius 3 is 2.68 bits per heavy atom. The van der Waals surface area contributed by atoms with E-state index in [1.165, 1.54) is 18.7 Å². The van der Waals surface area contributed by atoms with Crippen LogP contribution in [-0.2, 0) is 9.84 Å². The first-order valence-electron chi connectivity index (χ1n) is 9.58. The number of anilines is 1. The molecule has 2 aliphatic rings. The average Bonchev–Trinajstić information content (AvgIpc) is 3.40. The first-order valence-corrected chi connectivity index (χ1v) is 11.5. The molecule has 0 aromatic carbocycles. The molecule has 2 saturated heterocycles. The Bertz CT molecular complexity index is 952. The van der Waals surface area contributed by atoms with Gasteiger partial charge in [0.15, 0.2) is 15.6 Å². The van der Waals surface area contributed by atoms with E-state index in [0.29, 0.717) is 30.5 Å². The van der Waals surface area contributed by atoms with Crippen molar-refractivity contribution in [1.29, 1.82) is 0 Å². The van der Waals surface area contributed by atoms with Crippen molar-refractivity contribution in [2.45, 2.75) is 36.5 Å². The van der Waals surface area contributed by atoms with E-state index in [4.69, 9.17) is 4.42 Å². The zero-order valence-corrected chi connectivity index (χ0v) is 16.7. The van der Waals surface area contributed by atoms with E-state index in [2.05, 4.69) is 14.9 Å². The first-order chi connectivity index (χ1) is 13.4. The first kappa shape index (κ1) is 18.9. The monoisotopic (exact) mass is 404 g/mol. The van der Waals surface area contributed by atoms with Crippen LogP contribution in [0, 0.1) is 0 Å². The van der Waals surface area contributed by atoms with Gasteiger partial charge in [-0.2, -0.15) is 0 Å². The minimum absolute atomic E-state index is 0.151. The van der Waals surface area contributed by atoms with E-state index in [-0.39, 0.29) is 16.7 Å². The zero-order valence-electron chi connectivity index (χ0n) is 15.9. The molecule has 8 nitrogen and oxygen atoms in total. The van der Waals surface area contributed by atoms with Crippen LogP contribution in [0.15, 0.2) is 33.9 Å². The lowest BCUT2D eigenvalue weighted by atomic mass is 9.94. The van der Waals surface area contributed by atoms with Crippen LogP contribution in [-0.4, -0.2) is 61.6 Å². The molecule has 4 heterocycles. The summed E-state index contributed by atoms with van der Waals surface area (Å²) in [7, 11) is -3.47. The smallest absolute Gasteiger partial charge is 0.289 e. The van der Waals surface area contributed by atoms with Gasteiger partial charge in [0, 0.05) is 38.4 Å². The van der Waals surface area contributed by atoms with Gasteiger partial charge in [-0.05, 0) is 37.8 Å². The molecule has 150 valence electrons. The maximum atomic E-state index is 12.7. The third-order valence-corrected chi connectivity index (χ3v) is 6.50. The van der Waals surface area contributed by atoms with Gasteiger partial charge in [0.1, 0.15) is 4.90 Å². The van der Waals surface area contributed by atoms with Gasteiger partial charge >= 0.3 is 0 Å². The van der Waals surface area contributed by atoms with Crippen LogP contribution in [0.3, 0.4) is 0 Å². The molecule has 0 aliphatic carbocycles. The molecule has 1 atom stereocenters. The maximum absolute atomic E-state index is 12.7. The van der Waals surface area contributed by atoms with E-state index in [9.17, 15) is 13.2 Å². The van der Waals surface area contributed by atoms with E-state index in [1.54, 1.807) is 17.0 Å². The predicted octanol–water partition coefficient (Wildman–Crippen LogP) is 2.09. The summed E-state index contributed by atoms with van der Waals surface area (Å²) < 4.78 is 29.9. The second-order valence-corrected chi connectivity index (χ2v) is 9.44. The van der Waals surface area contributed by atoms with Crippen LogP contribution in [0.4, 0.5) is 5.95 Å². The summed E-state index contributed by atoms with van der Waals surface area (Å²) in [6, 6.07) is 3.33. The molecular weight excluding hydrogens is 380 g/mol. The Hall–Kier alpha value is -2.42. The Balaban J connectivity index is 1.65. The van der Waals surface area contributed by atoms with Gasteiger partial charge in [0.05, 0.1) is 18.2 Å². The highest BCUT2D eigenvalue weighted by atomic mass is 32.2. The van der Waals surface area contributed by atoms with Crippen LogP contribution in [0.25, 0.3) is 0 Å². The summed E-state index contributed by atoms with van der Waals surface area (Å²) in [4.78, 5) is 25.6. The van der Waals surface area contributed by atoms with Gasteiger partial charge in [-0.3, -0.25) is 4.79 Å². The Labute approximate surface area is 164 Å². The van der Waals surface area contributed by atoms with Gasteiger partial charge in [-0.25, -0.2) is 18.4 Å². The summed E-state index contributed by atoms with van der Waals surface area (Å²) in [5.74, 6) is 0.546. The van der Waals surface area contributed by atoms with Crippen molar-refractivity contribution < 1.29 is 17.6 Å². The second-order valence-electron chi connectivity index (χ2n) is 7.45. The van der Waals surface area contributed by atoms with Crippen molar-refractivity contribution >= 4 is 21.7 Å². The Kier molecular flexibility index (Phi) is 5.09. The van der Waals surface area contributed by atoms with Gasteiger partial charge in [0.25, 0.3) is 5.91 Å². The number of carbonyl (C=O) groups excluding carboxylic acids is 1. The number of hydrogen-bond donors (Lipinski definition) is 0. The summed E-state index contributed by atoms with van der Waals surface area (Å²) in [5, 5.41) is 0. The molecule has 0 N–H and O–H groups in total. The van der Waals surface area contributed by atoms with Crippen molar-refractivity contribution in [2.75, 3.05) is 37.3 Å². The number of likely N-dealkylation sites (tertiary alicyclic amines) is 1. The SMILES string of the molecule is CS(=O)(=O)c1cnc(N2CCCC2)nc1[C@H]1CCCN(C(=O)c2ccco2)C1. The Morgan fingerprint density at radius 1 is 1.21 bits per heavy atom. The molecule has 4 rings (SSSR count). The fraction of sp³-hybridized carbons (Fsp3) is 0.526. The molecule has 0 spiro atoms. The molecule has 2 aromatic rings. The number of piperidine rings is 1. The van der Waals surface area contributed by atoms with Gasteiger partial charge in [0.2, 0.25) is 5.95 Å². The summed E-state index contributed by atoms with van der Waals surface area (Å²) in [6.45, 7) is 2.80. The van der Waals surface area contributed by atoms with Crippen LogP contribution >= 0.6 is 0 Å². The fourth-order valence-corrected chi connectivity index (χ4v) is 4.80. The highest BCUT2D eigenvalue weighted by Crippen LogP contribution is 2.32. The lowest BCUT2D eigenvalue weighted by Gasteiger charge is -2.32. The van der Waals surface area contributed by atoms with Crippen LogP contribution in [0.1, 0.15) is 47.8 Å². The zero-order chi connectivity index (χ0) is 19.7. The molecule has 1 amide bonds. The predicted molar refractivity (Wildman–Crippen MR) is 103 cm³/mol. The van der Waals surface area contributed by atoms with Crippen LogP contribution in [0.2, 0.25) is 0 Å². The minimum Gasteiger partial charge on any atom is -0.459 e. The van der Waals surface area contributed by atoms with Gasteiger partial charge < -0.3 is 14.2 Å². The third kappa shape index (κ3) is 3.76. The highest BCUT2D eigenvalue weighted by Gasteiger charge is 2.32. The van der Waals surface area contributed by atoms with Crippen molar-refractivity contribution in [3.63, 3.8) is 0 Å². The lowest BCUT2D eigenvalue weighted by molar-refractivity contribution is 0.0673. The molecule has 0 saturated carbocycles. The van der Waals surface area contributed by atoms with Crippen molar-refractivity contribution in [2.24, 2.45) is 0 Å². The van der Waals surface area contributed by atoms with E-state index in [0.717, 1.165) is 38.8 Å². The van der Waals surface area contributed by atoms with Crippen molar-refractivity contribution in [1.82, 2.24) is 14.9 Å². The average molecular weight is 404 g/mol. The normalized spacial score (nSPS) is 20.5. The molecule has 9 heteroatoms. The quantitative estimate of drug-likeness (QED) is 0.770. The number of nitrogens with zero attached hydrogens (tertiary/aromatic N) is 4. The van der Waals surface area contributed by atoms with Gasteiger partial charge in [-0.15, -0.1) is 0 Å². The largest absolute Gasteiger partial charge is 0.459 e. The number of rotatable bonds is 4. The molecule has 28 heavy (non-hydrogen) atoms. The molecular formula is C19H24N4O4S. The fourth-order valence-electron chi connectivity index (χ4n) is 3.96. The number of amides is 1. The van der Waals surface area contributed by atoms with Gasteiger partial charge in [-0.1, -0.05) is 0 Å². The molecule has 2 aliphatic heterocycles. The summed E-state index contributed by atoms with van der Waals surface area (Å²) >= 11 is 0. The number of hydrogen-bond acceptors (Lipinski definition) is 7. The van der Waals surface area contributed by atoms with Crippen LogP contribution < -0.4 is 4.90 Å². The minimum atomic E-state index is -3.47. The van der Waals surface area contributed by atoms with Crippen molar-refractivity contribution in [3.8, 4) is 0 Å². The third-order valence-electron chi connectivity index (χ3n) is 5.39. The number of aromatic nitrogens is 2. The molecule has 2 aromatic heterocycles. The van der Waals surface area contributed by atoms with E-state index >= 15 is 0 Å². The highest BCUT2D eigenvalue weighted by molar-refractivity contribution is 7.90. The Morgan fingerprint density at radius 2 is 2.00 bits per heavy atom. The summed E-state index contributed by atoms with van der Waals surface area (Å²) in [6.07, 6.45) is 7.81. The number of furan rings is 1. The standard InChI is InChI=1S/C19H24N4O4S/c1-28(25,26)16-12-20-19(22-8-2-3-9-22)21-17(16)14-6-4-10-23(13-14)18(24)15-7-5-11-27-15/h5,7,11-12,14H,2-4,6,8-10,13H2,1H3/t14-/m0/s1. The van der Waals surface area contributed by atoms with Crippen LogP contribution in [0.5, 0.6) is 0 Å². The summed E-state index contributed by atoms with van der Waals surface area (Å²) in [5.41, 5.74) is 0.524. The second kappa shape index (κ2) is 7.54. The van der Waals surface area contributed by atoms with E-state index in [1.807, 2.05) is 0 Å². The molecule has 2 fully saturated rings. The topological polar surface area (TPSA) is 96.6 Å². The van der Waals surface area contributed by atoms with E-state index < -0.39 is 9.84 Å². The maximum Gasteiger partial charge on any atom is 0.289 e. The van der Waals surface area contributed by atoms with Crippen molar-refractivity contribution in [3.05, 3.63) is 36.0 Å².